The van der Waals surface area contributed by atoms with Crippen molar-refractivity contribution in [2.75, 3.05) is 45.2 Å². The van der Waals surface area contributed by atoms with Crippen LogP contribution in [0.4, 0.5) is 16.4 Å². The number of aliphatic imine (C=N–C) groups is 1. The monoisotopic (exact) mass is 384 g/mol. The van der Waals surface area contributed by atoms with Crippen molar-refractivity contribution in [3.8, 4) is 0 Å². The Balaban J connectivity index is 1.65. The molecule has 0 bridgehead atoms. The minimum Gasteiger partial charge on any atom is -0.382 e. The van der Waals surface area contributed by atoms with Gasteiger partial charge in [0.05, 0.1) is 16.9 Å². The van der Waals surface area contributed by atoms with E-state index >= 15 is 0 Å². The fraction of sp³-hybridized carbons (Fsp3) is 0.476. The Morgan fingerprint density at radius 1 is 1.30 bits per heavy atom. The van der Waals surface area contributed by atoms with Crippen LogP contribution in [-0.4, -0.2) is 61.6 Å². The molecule has 144 valence electrons. The highest BCUT2D eigenvalue weighted by atomic mass is 32.1. The second-order valence-electron chi connectivity index (χ2n) is 7.24. The summed E-state index contributed by atoms with van der Waals surface area (Å²) in [5.74, 6) is 1.10. The summed E-state index contributed by atoms with van der Waals surface area (Å²) in [5, 5.41) is 4.80. The molecule has 3 heterocycles. The number of ether oxygens (including phenoxy) is 1. The maximum atomic E-state index is 5.61. The van der Waals surface area contributed by atoms with Crippen LogP contribution in [0.5, 0.6) is 0 Å². The predicted octanol–water partition coefficient (Wildman–Crippen LogP) is 4.23. The standard InChI is InChI=1S/C21H28N4OS/c1-4-26-12-9-16-14-25(11-10-24(16)3)20-17-13-15(2)27-21(17)23-19-8-6-5-7-18(19)22-20/h5-8,13,16,23H,4,9-12,14H2,1-3H3/t16-/m0/s1. The molecule has 1 aromatic heterocycles. The zero-order valence-electron chi connectivity index (χ0n) is 16.4. The van der Waals surface area contributed by atoms with Gasteiger partial charge in [-0.25, -0.2) is 4.99 Å². The van der Waals surface area contributed by atoms with Crippen LogP contribution in [0.3, 0.4) is 0 Å². The van der Waals surface area contributed by atoms with Crippen molar-refractivity contribution in [1.82, 2.24) is 9.80 Å². The molecule has 2 aliphatic heterocycles. The molecular formula is C21H28N4OS. The Morgan fingerprint density at radius 2 is 2.15 bits per heavy atom. The molecule has 0 amide bonds. The van der Waals surface area contributed by atoms with E-state index in [4.69, 9.17) is 9.73 Å². The quantitative estimate of drug-likeness (QED) is 0.801. The van der Waals surface area contributed by atoms with Crippen molar-refractivity contribution in [2.45, 2.75) is 26.3 Å². The number of amidine groups is 1. The lowest BCUT2D eigenvalue weighted by molar-refractivity contribution is 0.0843. The van der Waals surface area contributed by atoms with E-state index in [1.165, 1.54) is 15.4 Å². The van der Waals surface area contributed by atoms with E-state index < -0.39 is 0 Å². The molecule has 6 heteroatoms. The fourth-order valence-electron chi connectivity index (χ4n) is 3.80. The molecule has 5 nitrogen and oxygen atoms in total. The molecule has 0 radical (unpaired) electrons. The number of piperazine rings is 1. The van der Waals surface area contributed by atoms with Gasteiger partial charge in [-0.2, -0.15) is 0 Å². The van der Waals surface area contributed by atoms with Crippen molar-refractivity contribution in [1.29, 1.82) is 0 Å². The molecule has 27 heavy (non-hydrogen) atoms. The van der Waals surface area contributed by atoms with E-state index in [0.717, 1.165) is 56.5 Å². The van der Waals surface area contributed by atoms with Gasteiger partial charge in [-0.3, -0.25) is 4.90 Å². The molecule has 4 rings (SSSR count). The fourth-order valence-corrected chi connectivity index (χ4v) is 4.72. The Bertz CT molecular complexity index is 831. The smallest absolute Gasteiger partial charge is 0.139 e. The van der Waals surface area contributed by atoms with E-state index in [1.807, 2.05) is 0 Å². The highest BCUT2D eigenvalue weighted by Gasteiger charge is 2.29. The number of thiophene rings is 1. The number of likely N-dealkylation sites (N-methyl/N-ethyl adjacent to an activating group) is 1. The summed E-state index contributed by atoms with van der Waals surface area (Å²) in [6.45, 7) is 8.85. The normalized spacial score (nSPS) is 19.7. The minimum atomic E-state index is 0.489. The van der Waals surface area contributed by atoms with Crippen LogP contribution in [0.25, 0.3) is 0 Å². The van der Waals surface area contributed by atoms with Gasteiger partial charge in [0.2, 0.25) is 0 Å². The highest BCUT2D eigenvalue weighted by Crippen LogP contribution is 2.39. The van der Waals surface area contributed by atoms with Crippen LogP contribution in [0.1, 0.15) is 23.8 Å². The molecule has 0 aliphatic carbocycles. The van der Waals surface area contributed by atoms with Gasteiger partial charge >= 0.3 is 0 Å². The third-order valence-electron chi connectivity index (χ3n) is 5.35. The van der Waals surface area contributed by atoms with Gasteiger partial charge in [0.25, 0.3) is 0 Å². The zero-order chi connectivity index (χ0) is 18.8. The number of aryl methyl sites for hydroxylation is 1. The summed E-state index contributed by atoms with van der Waals surface area (Å²) in [5.41, 5.74) is 3.32. The Hall–Kier alpha value is -1.89. The summed E-state index contributed by atoms with van der Waals surface area (Å²) >= 11 is 1.80. The predicted molar refractivity (Wildman–Crippen MR) is 114 cm³/mol. The van der Waals surface area contributed by atoms with Crippen molar-refractivity contribution >= 4 is 33.5 Å². The number of hydrogen-bond donors (Lipinski definition) is 1. The van der Waals surface area contributed by atoms with Crippen LogP contribution in [0, 0.1) is 6.92 Å². The lowest BCUT2D eigenvalue weighted by Crippen LogP contribution is -2.53. The van der Waals surface area contributed by atoms with Crippen LogP contribution in [-0.2, 0) is 4.74 Å². The van der Waals surface area contributed by atoms with Gasteiger partial charge in [-0.1, -0.05) is 12.1 Å². The van der Waals surface area contributed by atoms with E-state index in [-0.39, 0.29) is 0 Å². The van der Waals surface area contributed by atoms with Gasteiger partial charge < -0.3 is 15.0 Å². The van der Waals surface area contributed by atoms with Crippen molar-refractivity contribution < 1.29 is 4.74 Å². The Kier molecular flexibility index (Phi) is 5.48. The van der Waals surface area contributed by atoms with E-state index in [1.54, 1.807) is 11.3 Å². The van der Waals surface area contributed by atoms with E-state index in [9.17, 15) is 0 Å². The first-order chi connectivity index (χ1) is 13.2. The summed E-state index contributed by atoms with van der Waals surface area (Å²) in [6, 6.07) is 11.1. The average Bonchev–Trinajstić information content (AvgIpc) is 2.95. The number of para-hydroxylation sites is 2. The van der Waals surface area contributed by atoms with Gasteiger partial charge in [-0.15, -0.1) is 11.3 Å². The Morgan fingerprint density at radius 3 is 3.00 bits per heavy atom. The molecule has 2 aromatic rings. The SMILES string of the molecule is CCOCC[C@H]1CN(C2=Nc3ccccc3Nc3sc(C)cc32)CCN1C. The van der Waals surface area contributed by atoms with Crippen molar-refractivity contribution in [3.63, 3.8) is 0 Å². The molecule has 0 unspecified atom stereocenters. The van der Waals surface area contributed by atoms with Crippen molar-refractivity contribution in [3.05, 3.63) is 40.8 Å². The maximum absolute atomic E-state index is 5.61. The number of rotatable bonds is 4. The number of anilines is 2. The third-order valence-corrected chi connectivity index (χ3v) is 6.32. The number of hydrogen-bond acceptors (Lipinski definition) is 6. The van der Waals surface area contributed by atoms with Crippen LogP contribution in [0.15, 0.2) is 35.3 Å². The minimum absolute atomic E-state index is 0.489. The summed E-state index contributed by atoms with van der Waals surface area (Å²) < 4.78 is 5.61. The van der Waals surface area contributed by atoms with Crippen LogP contribution < -0.4 is 5.32 Å². The van der Waals surface area contributed by atoms with E-state index in [0.29, 0.717) is 6.04 Å². The molecule has 1 N–H and O–H groups in total. The number of nitrogens with zero attached hydrogens (tertiary/aromatic N) is 3. The molecule has 1 atom stereocenters. The lowest BCUT2D eigenvalue weighted by Gasteiger charge is -2.41. The first-order valence-corrected chi connectivity index (χ1v) is 10.6. The molecule has 1 saturated heterocycles. The van der Waals surface area contributed by atoms with Gasteiger partial charge in [-0.05, 0) is 45.5 Å². The third kappa shape index (κ3) is 3.88. The molecule has 1 aromatic carbocycles. The number of benzene rings is 1. The molecule has 2 aliphatic rings. The second-order valence-corrected chi connectivity index (χ2v) is 8.50. The largest absolute Gasteiger partial charge is 0.382 e. The zero-order valence-corrected chi connectivity index (χ0v) is 17.2. The lowest BCUT2D eigenvalue weighted by atomic mass is 10.1. The van der Waals surface area contributed by atoms with Crippen LogP contribution >= 0.6 is 11.3 Å². The van der Waals surface area contributed by atoms with Crippen LogP contribution in [0.2, 0.25) is 0 Å². The maximum Gasteiger partial charge on any atom is 0.139 e. The highest BCUT2D eigenvalue weighted by molar-refractivity contribution is 7.16. The molecule has 0 spiro atoms. The molecule has 0 saturated carbocycles. The second kappa shape index (κ2) is 8.00. The van der Waals surface area contributed by atoms with Gasteiger partial charge in [0.1, 0.15) is 10.8 Å². The topological polar surface area (TPSA) is 40.1 Å². The van der Waals surface area contributed by atoms with Gasteiger partial charge in [0.15, 0.2) is 0 Å². The van der Waals surface area contributed by atoms with Gasteiger partial charge in [0, 0.05) is 43.8 Å². The number of fused-ring (bicyclic) bond motifs is 2. The first-order valence-electron chi connectivity index (χ1n) is 9.74. The average molecular weight is 385 g/mol. The summed E-state index contributed by atoms with van der Waals surface area (Å²) in [7, 11) is 2.22. The summed E-state index contributed by atoms with van der Waals surface area (Å²) in [6.07, 6.45) is 1.05. The summed E-state index contributed by atoms with van der Waals surface area (Å²) in [4.78, 5) is 11.3. The number of nitrogens with one attached hydrogen (secondary N) is 1. The molecular weight excluding hydrogens is 356 g/mol. The van der Waals surface area contributed by atoms with E-state index in [2.05, 4.69) is 66.3 Å². The Labute approximate surface area is 165 Å². The van der Waals surface area contributed by atoms with Crippen molar-refractivity contribution in [2.24, 2.45) is 4.99 Å². The molecule has 1 fully saturated rings. The first kappa shape index (κ1) is 18.5.